The van der Waals surface area contributed by atoms with Crippen LogP contribution in [-0.2, 0) is 6.42 Å². The zero-order valence-corrected chi connectivity index (χ0v) is 13.0. The zero-order chi connectivity index (χ0) is 12.8. The molecule has 0 radical (unpaired) electrons. The molecule has 3 heteroatoms. The topological polar surface area (TPSA) is 17.8 Å². The normalized spacial score (nSPS) is 22.9. The fraction of sp³-hybridized carbons (Fsp3) is 0.800. The zero-order valence-electron chi connectivity index (χ0n) is 11.5. The minimum atomic E-state index is 0.649. The molecule has 1 spiro atoms. The molecule has 2 nitrogen and oxygen atoms in total. The molecule has 1 aromatic heterocycles. The van der Waals surface area contributed by atoms with Gasteiger partial charge in [0.25, 0.3) is 0 Å². The van der Waals surface area contributed by atoms with Crippen LogP contribution >= 0.6 is 15.9 Å². The molecule has 2 saturated carbocycles. The van der Waals surface area contributed by atoms with E-state index in [0.29, 0.717) is 12.0 Å². The Hall–Kier alpha value is -0.310. The Labute approximate surface area is 118 Å². The molecule has 0 aliphatic heterocycles. The molecule has 3 rings (SSSR count). The first-order valence-electron chi connectivity index (χ1n) is 7.32. The van der Waals surface area contributed by atoms with Crippen molar-refractivity contribution in [3.05, 3.63) is 16.4 Å². The highest BCUT2D eigenvalue weighted by Crippen LogP contribution is 2.57. The first kappa shape index (κ1) is 12.7. The Morgan fingerprint density at radius 2 is 2.00 bits per heavy atom. The van der Waals surface area contributed by atoms with Crippen molar-refractivity contribution >= 4 is 15.9 Å². The van der Waals surface area contributed by atoms with Crippen molar-refractivity contribution in [1.82, 2.24) is 9.78 Å². The minimum absolute atomic E-state index is 0.649. The van der Waals surface area contributed by atoms with Crippen LogP contribution in [-0.4, -0.2) is 9.78 Å². The average molecular weight is 311 g/mol. The van der Waals surface area contributed by atoms with Gasteiger partial charge in [-0.25, -0.2) is 0 Å². The molecule has 2 aliphatic rings. The lowest BCUT2D eigenvalue weighted by Gasteiger charge is -2.30. The van der Waals surface area contributed by atoms with E-state index in [2.05, 4.69) is 45.6 Å². The van der Waals surface area contributed by atoms with Gasteiger partial charge in [0.05, 0.1) is 6.04 Å². The van der Waals surface area contributed by atoms with Gasteiger partial charge in [0.2, 0.25) is 0 Å². The largest absolute Gasteiger partial charge is 0.265 e. The van der Waals surface area contributed by atoms with Crippen LogP contribution in [0.2, 0.25) is 0 Å². The van der Waals surface area contributed by atoms with E-state index in [-0.39, 0.29) is 0 Å². The lowest BCUT2D eigenvalue weighted by Crippen LogP contribution is -2.21. The standard InChI is InChI=1S/C15H23BrN2/c1-11(2)9-13-10-14(16)17-18(13)12-3-5-15(6-4-12)7-8-15/h10-12H,3-9H2,1-2H3. The summed E-state index contributed by atoms with van der Waals surface area (Å²) < 4.78 is 3.32. The van der Waals surface area contributed by atoms with Gasteiger partial charge in [-0.15, -0.1) is 0 Å². The predicted octanol–water partition coefficient (Wildman–Crippen LogP) is 4.74. The SMILES string of the molecule is CC(C)Cc1cc(Br)nn1C1CCC2(CC1)CC2. The number of nitrogens with zero attached hydrogens (tertiary/aromatic N) is 2. The molecule has 0 bridgehead atoms. The molecule has 2 fully saturated rings. The number of hydrogen-bond acceptors (Lipinski definition) is 1. The van der Waals surface area contributed by atoms with Crippen molar-refractivity contribution in [2.24, 2.45) is 11.3 Å². The Kier molecular flexibility index (Phi) is 3.29. The Bertz CT molecular complexity index is 422. The summed E-state index contributed by atoms with van der Waals surface area (Å²) >= 11 is 3.54. The van der Waals surface area contributed by atoms with Crippen LogP contribution in [0.5, 0.6) is 0 Å². The first-order chi connectivity index (χ1) is 8.58. The van der Waals surface area contributed by atoms with E-state index < -0.39 is 0 Å². The van der Waals surface area contributed by atoms with Gasteiger partial charge in [0.15, 0.2) is 0 Å². The maximum Gasteiger partial charge on any atom is 0.128 e. The Morgan fingerprint density at radius 3 is 2.56 bits per heavy atom. The second-order valence-electron chi connectivity index (χ2n) is 6.73. The van der Waals surface area contributed by atoms with E-state index in [1.807, 2.05) is 0 Å². The number of halogens is 1. The van der Waals surface area contributed by atoms with Crippen molar-refractivity contribution in [3.63, 3.8) is 0 Å². The monoisotopic (exact) mass is 310 g/mol. The average Bonchev–Trinajstić information content (AvgIpc) is 2.96. The summed E-state index contributed by atoms with van der Waals surface area (Å²) in [5.74, 6) is 0.700. The Morgan fingerprint density at radius 1 is 1.33 bits per heavy atom. The number of aromatic nitrogens is 2. The second-order valence-corrected chi connectivity index (χ2v) is 7.54. The summed E-state index contributed by atoms with van der Waals surface area (Å²) in [7, 11) is 0. The molecule has 0 saturated heterocycles. The fourth-order valence-electron chi connectivity index (χ4n) is 3.42. The van der Waals surface area contributed by atoms with Crippen molar-refractivity contribution in [3.8, 4) is 0 Å². The molecule has 100 valence electrons. The smallest absolute Gasteiger partial charge is 0.128 e. The van der Waals surface area contributed by atoms with Crippen LogP contribution in [0.15, 0.2) is 10.7 Å². The molecule has 0 amide bonds. The van der Waals surface area contributed by atoms with Gasteiger partial charge in [-0.1, -0.05) is 13.8 Å². The fourth-order valence-corrected chi connectivity index (χ4v) is 3.86. The van der Waals surface area contributed by atoms with Gasteiger partial charge in [-0.2, -0.15) is 5.10 Å². The Balaban J connectivity index is 1.74. The molecule has 0 unspecified atom stereocenters. The molecule has 2 aliphatic carbocycles. The van der Waals surface area contributed by atoms with E-state index in [9.17, 15) is 0 Å². The lowest BCUT2D eigenvalue weighted by atomic mass is 9.83. The van der Waals surface area contributed by atoms with E-state index in [1.165, 1.54) is 44.2 Å². The maximum absolute atomic E-state index is 4.69. The predicted molar refractivity (Wildman–Crippen MR) is 77.6 cm³/mol. The van der Waals surface area contributed by atoms with Gasteiger partial charge >= 0.3 is 0 Å². The third kappa shape index (κ3) is 2.52. The molecular formula is C15H23BrN2. The van der Waals surface area contributed by atoms with Gasteiger partial charge < -0.3 is 0 Å². The van der Waals surface area contributed by atoms with Gasteiger partial charge in [0, 0.05) is 5.69 Å². The highest BCUT2D eigenvalue weighted by atomic mass is 79.9. The maximum atomic E-state index is 4.69. The molecule has 0 N–H and O–H groups in total. The highest BCUT2D eigenvalue weighted by Gasteiger charge is 2.45. The lowest BCUT2D eigenvalue weighted by molar-refractivity contribution is 0.240. The molecule has 18 heavy (non-hydrogen) atoms. The van der Waals surface area contributed by atoms with Crippen LogP contribution in [0, 0.1) is 11.3 Å². The van der Waals surface area contributed by atoms with Crippen molar-refractivity contribution in [1.29, 1.82) is 0 Å². The molecule has 1 aromatic rings. The summed E-state index contributed by atoms with van der Waals surface area (Å²) in [5.41, 5.74) is 2.19. The molecule has 0 atom stereocenters. The third-order valence-electron chi connectivity index (χ3n) is 4.72. The van der Waals surface area contributed by atoms with Gasteiger partial charge in [-0.05, 0) is 78.3 Å². The van der Waals surface area contributed by atoms with Crippen molar-refractivity contribution < 1.29 is 0 Å². The number of rotatable bonds is 3. The quantitative estimate of drug-likeness (QED) is 0.788. The van der Waals surface area contributed by atoms with Gasteiger partial charge in [0.1, 0.15) is 4.60 Å². The summed E-state index contributed by atoms with van der Waals surface area (Å²) in [4.78, 5) is 0. The van der Waals surface area contributed by atoms with Crippen LogP contribution in [0.1, 0.15) is 64.1 Å². The van der Waals surface area contributed by atoms with Crippen LogP contribution < -0.4 is 0 Å². The van der Waals surface area contributed by atoms with Crippen molar-refractivity contribution in [2.45, 2.75) is 64.8 Å². The van der Waals surface area contributed by atoms with Crippen LogP contribution in [0.3, 0.4) is 0 Å². The van der Waals surface area contributed by atoms with E-state index in [0.717, 1.165) is 16.4 Å². The molecule has 0 aromatic carbocycles. The summed E-state index contributed by atoms with van der Waals surface area (Å²) in [6, 6.07) is 2.86. The number of hydrogen-bond donors (Lipinski definition) is 0. The molecular weight excluding hydrogens is 288 g/mol. The summed E-state index contributed by atoms with van der Waals surface area (Å²) in [5, 5.41) is 4.69. The first-order valence-corrected chi connectivity index (χ1v) is 8.11. The van der Waals surface area contributed by atoms with Crippen molar-refractivity contribution in [2.75, 3.05) is 0 Å². The third-order valence-corrected chi connectivity index (χ3v) is 5.11. The minimum Gasteiger partial charge on any atom is -0.265 e. The summed E-state index contributed by atoms with van der Waals surface area (Å²) in [6.07, 6.45) is 9.63. The van der Waals surface area contributed by atoms with E-state index in [4.69, 9.17) is 0 Å². The summed E-state index contributed by atoms with van der Waals surface area (Å²) in [6.45, 7) is 4.57. The second kappa shape index (κ2) is 4.66. The van der Waals surface area contributed by atoms with Gasteiger partial charge in [-0.3, -0.25) is 4.68 Å². The van der Waals surface area contributed by atoms with Crippen LogP contribution in [0.25, 0.3) is 0 Å². The molecule has 1 heterocycles. The van der Waals surface area contributed by atoms with Crippen LogP contribution in [0.4, 0.5) is 0 Å². The van der Waals surface area contributed by atoms with E-state index in [1.54, 1.807) is 0 Å². The van der Waals surface area contributed by atoms with E-state index >= 15 is 0 Å². The highest BCUT2D eigenvalue weighted by molar-refractivity contribution is 9.10.